The van der Waals surface area contributed by atoms with Gasteiger partial charge in [-0.15, -0.1) is 0 Å². The molecule has 3 heteroatoms. The molecule has 17 heavy (non-hydrogen) atoms. The van der Waals surface area contributed by atoms with Crippen molar-refractivity contribution < 1.29 is 4.79 Å². The topological polar surface area (TPSA) is 30.0 Å². The number of pyridine rings is 1. The minimum Gasteiger partial charge on any atom is -0.289 e. The first-order chi connectivity index (χ1) is 8.22. The van der Waals surface area contributed by atoms with E-state index in [1.54, 1.807) is 42.7 Å². The molecule has 2 nitrogen and oxygen atoms in total. The monoisotopic (exact) mass is 245 g/mol. The second kappa shape index (κ2) is 5.11. The number of benzene rings is 1. The van der Waals surface area contributed by atoms with Crippen LogP contribution in [-0.2, 0) is 6.42 Å². The molecule has 0 N–H and O–H groups in total. The number of hydrogen-bond acceptors (Lipinski definition) is 2. The van der Waals surface area contributed by atoms with E-state index in [1.165, 1.54) is 0 Å². The van der Waals surface area contributed by atoms with E-state index in [-0.39, 0.29) is 5.78 Å². The summed E-state index contributed by atoms with van der Waals surface area (Å²) in [6, 6.07) is 8.69. The Kier molecular flexibility index (Phi) is 3.55. The van der Waals surface area contributed by atoms with Crippen molar-refractivity contribution >= 4 is 17.4 Å². The summed E-state index contributed by atoms with van der Waals surface area (Å²) in [7, 11) is 0. The van der Waals surface area contributed by atoms with Crippen LogP contribution in [-0.4, -0.2) is 10.8 Å². The van der Waals surface area contributed by atoms with E-state index in [4.69, 9.17) is 11.6 Å². The summed E-state index contributed by atoms with van der Waals surface area (Å²) in [5.41, 5.74) is 2.33. The highest BCUT2D eigenvalue weighted by Gasteiger charge is 2.12. The maximum atomic E-state index is 12.3. The second-order valence-electron chi connectivity index (χ2n) is 3.72. The lowest BCUT2D eigenvalue weighted by atomic mass is 9.99. The lowest BCUT2D eigenvalue weighted by Crippen LogP contribution is -2.05. The van der Waals surface area contributed by atoms with Gasteiger partial charge in [0.05, 0.1) is 0 Å². The molecule has 0 spiro atoms. The Morgan fingerprint density at radius 2 is 1.94 bits per heavy atom. The first-order valence-electron chi connectivity index (χ1n) is 5.45. The Labute approximate surface area is 105 Å². The van der Waals surface area contributed by atoms with Gasteiger partial charge in [-0.2, -0.15) is 0 Å². The van der Waals surface area contributed by atoms with Crippen LogP contribution < -0.4 is 0 Å². The quantitative estimate of drug-likeness (QED) is 0.775. The van der Waals surface area contributed by atoms with E-state index in [0.717, 1.165) is 12.0 Å². The molecular formula is C14H12ClNO. The van der Waals surface area contributed by atoms with Crippen molar-refractivity contribution in [2.24, 2.45) is 0 Å². The summed E-state index contributed by atoms with van der Waals surface area (Å²) >= 11 is 5.80. The van der Waals surface area contributed by atoms with Crippen LogP contribution in [0.15, 0.2) is 42.7 Å². The van der Waals surface area contributed by atoms with Crippen molar-refractivity contribution in [3.8, 4) is 0 Å². The van der Waals surface area contributed by atoms with Gasteiger partial charge in [0, 0.05) is 28.5 Å². The van der Waals surface area contributed by atoms with E-state index in [0.29, 0.717) is 16.1 Å². The fraction of sp³-hybridized carbons (Fsp3) is 0.143. The zero-order chi connectivity index (χ0) is 12.3. The molecule has 0 bridgehead atoms. The van der Waals surface area contributed by atoms with Gasteiger partial charge < -0.3 is 0 Å². The number of carbonyl (C=O) groups is 1. The lowest BCUT2D eigenvalue weighted by molar-refractivity contribution is 0.103. The molecule has 0 fully saturated rings. The molecule has 86 valence electrons. The van der Waals surface area contributed by atoms with Crippen molar-refractivity contribution in [1.29, 1.82) is 0 Å². The fourth-order valence-electron chi connectivity index (χ4n) is 1.69. The molecule has 0 saturated heterocycles. The Hall–Kier alpha value is -1.67. The van der Waals surface area contributed by atoms with Gasteiger partial charge in [-0.25, -0.2) is 0 Å². The van der Waals surface area contributed by atoms with Gasteiger partial charge in [-0.3, -0.25) is 9.78 Å². The number of hydrogen-bond donors (Lipinski definition) is 0. The predicted molar refractivity (Wildman–Crippen MR) is 68.5 cm³/mol. The van der Waals surface area contributed by atoms with Crippen molar-refractivity contribution in [3.05, 3.63) is 64.4 Å². The van der Waals surface area contributed by atoms with E-state index < -0.39 is 0 Å². The van der Waals surface area contributed by atoms with Crippen LogP contribution in [0.2, 0.25) is 5.02 Å². The van der Waals surface area contributed by atoms with Crippen LogP contribution >= 0.6 is 11.6 Å². The van der Waals surface area contributed by atoms with Gasteiger partial charge in [-0.1, -0.05) is 18.5 Å². The predicted octanol–water partition coefficient (Wildman–Crippen LogP) is 3.53. The molecule has 0 unspecified atom stereocenters. The number of halogens is 1. The van der Waals surface area contributed by atoms with E-state index in [2.05, 4.69) is 4.98 Å². The highest BCUT2D eigenvalue weighted by molar-refractivity contribution is 6.30. The fourth-order valence-corrected chi connectivity index (χ4v) is 1.81. The van der Waals surface area contributed by atoms with Crippen LogP contribution in [0, 0.1) is 0 Å². The number of aryl methyl sites for hydroxylation is 1. The van der Waals surface area contributed by atoms with Crippen molar-refractivity contribution in [2.75, 3.05) is 0 Å². The van der Waals surface area contributed by atoms with Crippen molar-refractivity contribution in [3.63, 3.8) is 0 Å². The number of rotatable bonds is 3. The van der Waals surface area contributed by atoms with Crippen LogP contribution in [0.25, 0.3) is 0 Å². The normalized spacial score (nSPS) is 10.2. The minimum absolute atomic E-state index is 0.0147. The van der Waals surface area contributed by atoms with Crippen molar-refractivity contribution in [1.82, 2.24) is 4.98 Å². The number of aromatic nitrogens is 1. The van der Waals surface area contributed by atoms with Gasteiger partial charge >= 0.3 is 0 Å². The summed E-state index contributed by atoms with van der Waals surface area (Å²) in [5, 5.41) is 0.631. The molecule has 1 aromatic heterocycles. The molecule has 0 aliphatic carbocycles. The minimum atomic E-state index is 0.0147. The van der Waals surface area contributed by atoms with Crippen LogP contribution in [0.1, 0.15) is 28.4 Å². The molecule has 0 aliphatic rings. The van der Waals surface area contributed by atoms with E-state index in [9.17, 15) is 4.79 Å². The number of nitrogens with zero attached hydrogens (tertiary/aromatic N) is 1. The van der Waals surface area contributed by atoms with Gasteiger partial charge in [0.15, 0.2) is 5.78 Å². The molecule has 0 radical (unpaired) electrons. The Morgan fingerprint density at radius 3 is 2.59 bits per heavy atom. The third-order valence-electron chi connectivity index (χ3n) is 2.64. The molecule has 0 amide bonds. The lowest BCUT2D eigenvalue weighted by Gasteiger charge is -2.06. The van der Waals surface area contributed by atoms with Crippen LogP contribution in [0.5, 0.6) is 0 Å². The maximum absolute atomic E-state index is 12.3. The largest absolute Gasteiger partial charge is 0.289 e. The Morgan fingerprint density at radius 1 is 1.24 bits per heavy atom. The van der Waals surface area contributed by atoms with E-state index in [1.807, 2.05) is 6.92 Å². The molecule has 2 aromatic rings. The maximum Gasteiger partial charge on any atom is 0.193 e. The molecule has 0 aliphatic heterocycles. The third-order valence-corrected chi connectivity index (χ3v) is 2.89. The van der Waals surface area contributed by atoms with Gasteiger partial charge in [0.2, 0.25) is 0 Å². The molecular weight excluding hydrogens is 234 g/mol. The van der Waals surface area contributed by atoms with Gasteiger partial charge in [0.25, 0.3) is 0 Å². The molecule has 2 rings (SSSR count). The standard InChI is InChI=1S/C14H12ClNO/c1-2-10-9-16-8-7-13(10)14(17)11-3-5-12(15)6-4-11/h3-9H,2H2,1H3. The Balaban J connectivity index is 2.40. The zero-order valence-electron chi connectivity index (χ0n) is 9.48. The number of ketones is 1. The third kappa shape index (κ3) is 2.53. The summed E-state index contributed by atoms with van der Waals surface area (Å²) in [5.74, 6) is 0.0147. The summed E-state index contributed by atoms with van der Waals surface area (Å²) in [4.78, 5) is 16.3. The molecule has 1 heterocycles. The van der Waals surface area contributed by atoms with Gasteiger partial charge in [0.1, 0.15) is 0 Å². The Bertz CT molecular complexity index is 534. The van der Waals surface area contributed by atoms with Crippen LogP contribution in [0.4, 0.5) is 0 Å². The number of carbonyl (C=O) groups excluding carboxylic acids is 1. The smallest absolute Gasteiger partial charge is 0.193 e. The summed E-state index contributed by atoms with van der Waals surface area (Å²) < 4.78 is 0. The highest BCUT2D eigenvalue weighted by Crippen LogP contribution is 2.16. The van der Waals surface area contributed by atoms with Crippen molar-refractivity contribution in [2.45, 2.75) is 13.3 Å². The summed E-state index contributed by atoms with van der Waals surface area (Å²) in [6.07, 6.45) is 4.17. The first-order valence-corrected chi connectivity index (χ1v) is 5.83. The SMILES string of the molecule is CCc1cnccc1C(=O)c1ccc(Cl)cc1. The average Bonchev–Trinajstić information content (AvgIpc) is 2.39. The summed E-state index contributed by atoms with van der Waals surface area (Å²) in [6.45, 7) is 2.01. The second-order valence-corrected chi connectivity index (χ2v) is 4.16. The molecule has 0 saturated carbocycles. The highest BCUT2D eigenvalue weighted by atomic mass is 35.5. The zero-order valence-corrected chi connectivity index (χ0v) is 10.2. The first kappa shape index (κ1) is 11.8. The van der Waals surface area contributed by atoms with E-state index >= 15 is 0 Å². The molecule has 1 aromatic carbocycles. The van der Waals surface area contributed by atoms with Gasteiger partial charge in [-0.05, 0) is 42.3 Å². The van der Waals surface area contributed by atoms with Crippen LogP contribution in [0.3, 0.4) is 0 Å². The molecule has 0 atom stereocenters. The average molecular weight is 246 g/mol.